The normalized spacial score (nSPS) is 13.2. The van der Waals surface area contributed by atoms with Crippen LogP contribution in [0.1, 0.15) is 35.1 Å². The van der Waals surface area contributed by atoms with Crippen LogP contribution in [-0.4, -0.2) is 17.9 Å². The van der Waals surface area contributed by atoms with E-state index in [0.717, 1.165) is 35.2 Å². The van der Waals surface area contributed by atoms with Gasteiger partial charge in [0.1, 0.15) is 0 Å². The zero-order valence-electron chi connectivity index (χ0n) is 18.3. The number of hydrogen-bond donors (Lipinski definition) is 1. The van der Waals surface area contributed by atoms with Crippen LogP contribution in [0.25, 0.3) is 6.08 Å². The van der Waals surface area contributed by atoms with Crippen LogP contribution < -0.4 is 10.2 Å². The lowest BCUT2D eigenvalue weighted by Gasteiger charge is -2.22. The minimum Gasteiger partial charge on any atom is -0.353 e. The molecule has 3 aromatic rings. The molecule has 0 aromatic heterocycles. The van der Waals surface area contributed by atoms with Crippen molar-refractivity contribution in [3.05, 3.63) is 107 Å². The maximum absolute atomic E-state index is 13.2. The van der Waals surface area contributed by atoms with Crippen LogP contribution in [0.2, 0.25) is 0 Å². The summed E-state index contributed by atoms with van der Waals surface area (Å²) in [5.41, 5.74) is 4.88. The Bertz CT molecular complexity index is 1100. The van der Waals surface area contributed by atoms with E-state index in [2.05, 4.69) is 17.4 Å². The molecule has 2 amide bonds. The molecule has 1 fully saturated rings. The molecule has 0 saturated heterocycles. The molecule has 4 nitrogen and oxygen atoms in total. The van der Waals surface area contributed by atoms with Gasteiger partial charge in [-0.05, 0) is 54.7 Å². The Labute approximate surface area is 189 Å². The minimum absolute atomic E-state index is 0.0324. The number of amides is 2. The molecule has 0 heterocycles. The molecule has 1 saturated carbocycles. The van der Waals surface area contributed by atoms with E-state index in [1.165, 1.54) is 5.56 Å². The molecule has 4 rings (SSSR count). The van der Waals surface area contributed by atoms with Crippen molar-refractivity contribution in [1.82, 2.24) is 5.32 Å². The molecule has 0 spiro atoms. The first-order valence-corrected chi connectivity index (χ1v) is 11.1. The number of benzene rings is 3. The third-order valence-electron chi connectivity index (χ3n) is 5.47. The molecule has 4 heteroatoms. The fourth-order valence-corrected chi connectivity index (χ4v) is 3.52. The quantitative estimate of drug-likeness (QED) is 0.514. The van der Waals surface area contributed by atoms with Gasteiger partial charge < -0.3 is 10.2 Å². The van der Waals surface area contributed by atoms with E-state index in [9.17, 15) is 9.59 Å². The van der Waals surface area contributed by atoms with Crippen molar-refractivity contribution in [3.8, 4) is 0 Å². The molecule has 1 N–H and O–H groups in total. The van der Waals surface area contributed by atoms with E-state index in [1.807, 2.05) is 79.7 Å². The topological polar surface area (TPSA) is 49.4 Å². The summed E-state index contributed by atoms with van der Waals surface area (Å²) >= 11 is 0. The first-order chi connectivity index (χ1) is 15.6. The smallest absolute Gasteiger partial charge is 0.251 e. The monoisotopic (exact) mass is 424 g/mol. The number of nitrogens with zero attached hydrogens (tertiary/aromatic N) is 1. The van der Waals surface area contributed by atoms with Crippen LogP contribution in [0, 0.1) is 6.92 Å². The minimum atomic E-state index is -0.103. The number of rotatable bonds is 8. The van der Waals surface area contributed by atoms with E-state index in [-0.39, 0.29) is 11.8 Å². The van der Waals surface area contributed by atoms with Crippen molar-refractivity contribution in [2.45, 2.75) is 38.8 Å². The first-order valence-electron chi connectivity index (χ1n) is 11.1. The molecule has 3 aromatic carbocycles. The SMILES string of the molecule is Cc1ccc(CN(C(=O)C=Cc2ccccc2)c2cccc(CC(=O)NC3CC3)c2)cc1. The highest BCUT2D eigenvalue weighted by Gasteiger charge is 2.23. The van der Waals surface area contributed by atoms with E-state index >= 15 is 0 Å². The van der Waals surface area contributed by atoms with E-state index in [4.69, 9.17) is 0 Å². The molecule has 0 unspecified atom stereocenters. The Morgan fingerprint density at radius 1 is 0.938 bits per heavy atom. The van der Waals surface area contributed by atoms with Gasteiger partial charge in [-0.1, -0.05) is 72.3 Å². The third kappa shape index (κ3) is 6.17. The number of hydrogen-bond acceptors (Lipinski definition) is 2. The van der Waals surface area contributed by atoms with Gasteiger partial charge in [-0.3, -0.25) is 9.59 Å². The van der Waals surface area contributed by atoms with Gasteiger partial charge in [-0.15, -0.1) is 0 Å². The largest absolute Gasteiger partial charge is 0.353 e. The highest BCUT2D eigenvalue weighted by molar-refractivity contribution is 6.03. The van der Waals surface area contributed by atoms with Gasteiger partial charge in [0.2, 0.25) is 5.91 Å². The van der Waals surface area contributed by atoms with E-state index < -0.39 is 0 Å². The Morgan fingerprint density at radius 2 is 1.69 bits per heavy atom. The number of carbonyl (C=O) groups is 2. The highest BCUT2D eigenvalue weighted by Crippen LogP contribution is 2.22. The van der Waals surface area contributed by atoms with Gasteiger partial charge in [0, 0.05) is 17.8 Å². The van der Waals surface area contributed by atoms with E-state index in [1.54, 1.807) is 11.0 Å². The molecule has 0 bridgehead atoms. The summed E-state index contributed by atoms with van der Waals surface area (Å²) < 4.78 is 0. The van der Waals surface area contributed by atoms with Crippen molar-refractivity contribution >= 4 is 23.6 Å². The van der Waals surface area contributed by atoms with Gasteiger partial charge in [0.15, 0.2) is 0 Å². The zero-order chi connectivity index (χ0) is 22.3. The first kappa shape index (κ1) is 21.6. The molecular weight excluding hydrogens is 396 g/mol. The summed E-state index contributed by atoms with van der Waals surface area (Å²) in [4.78, 5) is 27.2. The molecule has 0 aliphatic heterocycles. The molecule has 1 aliphatic rings. The lowest BCUT2D eigenvalue weighted by molar-refractivity contribution is -0.120. The van der Waals surface area contributed by atoms with Crippen LogP contribution in [0.4, 0.5) is 5.69 Å². The van der Waals surface area contributed by atoms with Gasteiger partial charge in [0.25, 0.3) is 5.91 Å². The Morgan fingerprint density at radius 3 is 2.41 bits per heavy atom. The van der Waals surface area contributed by atoms with Crippen molar-refractivity contribution in [3.63, 3.8) is 0 Å². The predicted molar refractivity (Wildman–Crippen MR) is 129 cm³/mol. The Hall–Kier alpha value is -3.66. The van der Waals surface area contributed by atoms with Crippen molar-refractivity contribution in [2.75, 3.05) is 4.90 Å². The lowest BCUT2D eigenvalue weighted by atomic mass is 10.1. The second-order valence-corrected chi connectivity index (χ2v) is 8.34. The maximum atomic E-state index is 13.2. The van der Waals surface area contributed by atoms with Gasteiger partial charge >= 0.3 is 0 Å². The zero-order valence-corrected chi connectivity index (χ0v) is 18.3. The standard InChI is InChI=1S/C28H28N2O2/c1-21-10-12-23(13-11-21)20-30(28(32)17-14-22-6-3-2-4-7-22)26-9-5-8-24(18-26)19-27(31)29-25-15-16-25/h2-14,17-18,25H,15-16,19-20H2,1H3,(H,29,31). The molecule has 162 valence electrons. The number of anilines is 1. The van der Waals surface area contributed by atoms with Gasteiger partial charge in [-0.2, -0.15) is 0 Å². The molecule has 32 heavy (non-hydrogen) atoms. The van der Waals surface area contributed by atoms with Crippen molar-refractivity contribution in [2.24, 2.45) is 0 Å². The molecule has 1 aliphatic carbocycles. The summed E-state index contributed by atoms with van der Waals surface area (Å²) in [6.45, 7) is 2.50. The number of carbonyl (C=O) groups excluding carboxylic acids is 2. The summed E-state index contributed by atoms with van der Waals surface area (Å²) in [5.74, 6) is -0.0703. The summed E-state index contributed by atoms with van der Waals surface area (Å²) in [5, 5.41) is 3.03. The Balaban J connectivity index is 1.56. The van der Waals surface area contributed by atoms with Crippen LogP contribution in [0.15, 0.2) is 84.9 Å². The average molecular weight is 425 g/mol. The molecule has 0 radical (unpaired) electrons. The average Bonchev–Trinajstić information content (AvgIpc) is 3.62. The van der Waals surface area contributed by atoms with Gasteiger partial charge in [0.05, 0.1) is 13.0 Å². The second-order valence-electron chi connectivity index (χ2n) is 8.34. The predicted octanol–water partition coefficient (Wildman–Crippen LogP) is 5.06. The maximum Gasteiger partial charge on any atom is 0.251 e. The number of aryl methyl sites for hydroxylation is 1. The van der Waals surface area contributed by atoms with Crippen molar-refractivity contribution < 1.29 is 9.59 Å². The fraction of sp³-hybridized carbons (Fsp3) is 0.214. The second kappa shape index (κ2) is 10.1. The van der Waals surface area contributed by atoms with E-state index in [0.29, 0.717) is 19.0 Å². The summed E-state index contributed by atoms with van der Waals surface area (Å²) in [6.07, 6.45) is 5.89. The lowest BCUT2D eigenvalue weighted by Crippen LogP contribution is -2.29. The third-order valence-corrected chi connectivity index (χ3v) is 5.47. The summed E-state index contributed by atoms with van der Waals surface area (Å²) in [7, 11) is 0. The summed E-state index contributed by atoms with van der Waals surface area (Å²) in [6, 6.07) is 26.0. The molecular formula is C28H28N2O2. The fourth-order valence-electron chi connectivity index (χ4n) is 3.52. The van der Waals surface area contributed by atoms with Crippen LogP contribution in [0.5, 0.6) is 0 Å². The van der Waals surface area contributed by atoms with Crippen LogP contribution >= 0.6 is 0 Å². The Kier molecular flexibility index (Phi) is 6.81. The molecule has 0 atom stereocenters. The van der Waals surface area contributed by atoms with Crippen LogP contribution in [-0.2, 0) is 22.6 Å². The van der Waals surface area contributed by atoms with Crippen molar-refractivity contribution in [1.29, 1.82) is 0 Å². The highest BCUT2D eigenvalue weighted by atomic mass is 16.2. The van der Waals surface area contributed by atoms with Gasteiger partial charge in [-0.25, -0.2) is 0 Å². The number of nitrogens with one attached hydrogen (secondary N) is 1. The van der Waals surface area contributed by atoms with Crippen LogP contribution in [0.3, 0.4) is 0 Å².